The Kier molecular flexibility index (Phi) is 5.68. The van der Waals surface area contributed by atoms with E-state index >= 15 is 0 Å². The Hall–Kier alpha value is -0.0551. The Morgan fingerprint density at radius 2 is 2.00 bits per heavy atom. The summed E-state index contributed by atoms with van der Waals surface area (Å²) in [6.45, 7) is 1.90. The third-order valence-corrected chi connectivity index (χ3v) is 1.47. The molecule has 0 aliphatic carbocycles. The lowest BCUT2D eigenvalue weighted by molar-refractivity contribution is 0.158. The molecule has 0 aliphatic rings. The number of hydrogen-bond acceptors (Lipinski definition) is 3. The molecule has 60 valence electrons. The van der Waals surface area contributed by atoms with E-state index < -0.39 is 7.12 Å². The van der Waals surface area contributed by atoms with Crippen molar-refractivity contribution in [2.45, 2.75) is 38.6 Å². The Labute approximate surface area is 61.8 Å². The van der Waals surface area contributed by atoms with Crippen molar-refractivity contribution in [1.29, 1.82) is 0 Å². The Balaban J connectivity index is 3.03. The summed E-state index contributed by atoms with van der Waals surface area (Å²) in [6, 6.07) is 0. The van der Waals surface area contributed by atoms with Gasteiger partial charge in [-0.3, -0.25) is 0 Å². The van der Waals surface area contributed by atoms with Gasteiger partial charge < -0.3 is 15.2 Å². The standard InChI is InChI=1S/C6H15BO3/c1-2-6(8)4-3-5-7(9)10/h6,8-10H,2-5H2,1H3. The van der Waals surface area contributed by atoms with Gasteiger partial charge in [0.25, 0.3) is 0 Å². The zero-order valence-electron chi connectivity index (χ0n) is 6.32. The highest BCUT2D eigenvalue weighted by molar-refractivity contribution is 6.40. The molecule has 3 N–H and O–H groups in total. The van der Waals surface area contributed by atoms with Crippen LogP contribution in [0.5, 0.6) is 0 Å². The monoisotopic (exact) mass is 146 g/mol. The molecule has 0 radical (unpaired) electrons. The summed E-state index contributed by atoms with van der Waals surface area (Å²) in [6.07, 6.45) is 2.15. The van der Waals surface area contributed by atoms with Crippen LogP contribution >= 0.6 is 0 Å². The number of rotatable bonds is 5. The fraction of sp³-hybridized carbons (Fsp3) is 1.00. The molecular formula is C6H15BO3. The van der Waals surface area contributed by atoms with Gasteiger partial charge in [0.2, 0.25) is 0 Å². The number of aliphatic hydroxyl groups is 1. The first-order valence-electron chi connectivity index (χ1n) is 3.71. The van der Waals surface area contributed by atoms with Gasteiger partial charge in [0.15, 0.2) is 0 Å². The maximum Gasteiger partial charge on any atom is 0.451 e. The molecule has 0 heterocycles. The zero-order valence-corrected chi connectivity index (χ0v) is 6.32. The fourth-order valence-electron chi connectivity index (χ4n) is 0.740. The van der Waals surface area contributed by atoms with Crippen LogP contribution in [-0.2, 0) is 0 Å². The van der Waals surface area contributed by atoms with Crippen LogP contribution in [0.4, 0.5) is 0 Å². The summed E-state index contributed by atoms with van der Waals surface area (Å²) in [5.41, 5.74) is 0. The summed E-state index contributed by atoms with van der Waals surface area (Å²) in [7, 11) is -1.22. The van der Waals surface area contributed by atoms with E-state index in [0.29, 0.717) is 19.2 Å². The molecule has 0 aliphatic heterocycles. The van der Waals surface area contributed by atoms with Gasteiger partial charge in [0.1, 0.15) is 0 Å². The molecule has 0 rings (SSSR count). The van der Waals surface area contributed by atoms with Gasteiger partial charge in [-0.2, -0.15) is 0 Å². The molecule has 10 heavy (non-hydrogen) atoms. The highest BCUT2D eigenvalue weighted by Gasteiger charge is 2.07. The molecule has 1 unspecified atom stereocenters. The first-order chi connectivity index (χ1) is 4.66. The minimum absolute atomic E-state index is 0.279. The van der Waals surface area contributed by atoms with Crippen molar-refractivity contribution in [3.05, 3.63) is 0 Å². The lowest BCUT2D eigenvalue weighted by Gasteiger charge is -2.05. The molecule has 0 aromatic heterocycles. The van der Waals surface area contributed by atoms with Crippen molar-refractivity contribution < 1.29 is 15.2 Å². The first kappa shape index (κ1) is 9.94. The van der Waals surface area contributed by atoms with Gasteiger partial charge >= 0.3 is 7.12 Å². The van der Waals surface area contributed by atoms with Crippen molar-refractivity contribution in [2.24, 2.45) is 0 Å². The molecule has 0 spiro atoms. The average Bonchev–Trinajstić information content (AvgIpc) is 1.87. The maximum atomic E-state index is 9.01. The number of aliphatic hydroxyl groups excluding tert-OH is 1. The summed E-state index contributed by atoms with van der Waals surface area (Å²) in [4.78, 5) is 0. The molecule has 3 nitrogen and oxygen atoms in total. The van der Waals surface area contributed by atoms with E-state index in [0.717, 1.165) is 6.42 Å². The minimum Gasteiger partial charge on any atom is -0.427 e. The largest absolute Gasteiger partial charge is 0.451 e. The van der Waals surface area contributed by atoms with Crippen LogP contribution in [0.1, 0.15) is 26.2 Å². The topological polar surface area (TPSA) is 60.7 Å². The van der Waals surface area contributed by atoms with Crippen LogP contribution in [0.2, 0.25) is 6.32 Å². The third kappa shape index (κ3) is 6.07. The van der Waals surface area contributed by atoms with Crippen molar-refractivity contribution >= 4 is 7.12 Å². The summed E-state index contributed by atoms with van der Waals surface area (Å²) in [5.74, 6) is 0. The fourth-order valence-corrected chi connectivity index (χ4v) is 0.740. The summed E-state index contributed by atoms with van der Waals surface area (Å²) in [5, 5.41) is 25.8. The highest BCUT2D eigenvalue weighted by atomic mass is 16.4. The maximum absolute atomic E-state index is 9.01. The predicted molar refractivity (Wildman–Crippen MR) is 40.5 cm³/mol. The van der Waals surface area contributed by atoms with E-state index in [-0.39, 0.29) is 6.10 Å². The Morgan fingerprint density at radius 3 is 2.40 bits per heavy atom. The molecule has 0 amide bonds. The van der Waals surface area contributed by atoms with E-state index in [4.69, 9.17) is 15.2 Å². The molecule has 4 heteroatoms. The Bertz CT molecular complexity index is 77.4. The first-order valence-corrected chi connectivity index (χ1v) is 3.71. The van der Waals surface area contributed by atoms with Crippen LogP contribution in [0.3, 0.4) is 0 Å². The van der Waals surface area contributed by atoms with Crippen LogP contribution in [0.15, 0.2) is 0 Å². The summed E-state index contributed by atoms with van der Waals surface area (Å²) < 4.78 is 0. The van der Waals surface area contributed by atoms with Crippen molar-refractivity contribution in [1.82, 2.24) is 0 Å². The van der Waals surface area contributed by atoms with E-state index in [1.807, 2.05) is 6.92 Å². The van der Waals surface area contributed by atoms with Gasteiger partial charge in [0.05, 0.1) is 6.10 Å². The minimum atomic E-state index is -1.22. The van der Waals surface area contributed by atoms with Crippen LogP contribution < -0.4 is 0 Å². The van der Waals surface area contributed by atoms with E-state index in [1.54, 1.807) is 0 Å². The average molecular weight is 146 g/mol. The van der Waals surface area contributed by atoms with Crippen molar-refractivity contribution in [3.8, 4) is 0 Å². The van der Waals surface area contributed by atoms with Gasteiger partial charge in [-0.1, -0.05) is 13.3 Å². The molecule has 0 fully saturated rings. The number of hydrogen-bond donors (Lipinski definition) is 3. The van der Waals surface area contributed by atoms with Gasteiger partial charge in [-0.25, -0.2) is 0 Å². The normalized spacial score (nSPS) is 13.2. The lowest BCUT2D eigenvalue weighted by atomic mass is 9.83. The smallest absolute Gasteiger partial charge is 0.427 e. The van der Waals surface area contributed by atoms with Crippen LogP contribution in [0, 0.1) is 0 Å². The third-order valence-electron chi connectivity index (χ3n) is 1.47. The van der Waals surface area contributed by atoms with Crippen molar-refractivity contribution in [2.75, 3.05) is 0 Å². The zero-order chi connectivity index (χ0) is 7.98. The Morgan fingerprint density at radius 1 is 1.40 bits per heavy atom. The highest BCUT2D eigenvalue weighted by Crippen LogP contribution is 2.04. The second-order valence-corrected chi connectivity index (χ2v) is 2.47. The predicted octanol–water partition coefficient (Wildman–Crippen LogP) is 0.0103. The summed E-state index contributed by atoms with van der Waals surface area (Å²) >= 11 is 0. The van der Waals surface area contributed by atoms with E-state index in [9.17, 15) is 0 Å². The van der Waals surface area contributed by atoms with Crippen LogP contribution in [0.25, 0.3) is 0 Å². The molecule has 0 saturated heterocycles. The van der Waals surface area contributed by atoms with Gasteiger partial charge in [-0.05, 0) is 19.2 Å². The van der Waals surface area contributed by atoms with Crippen molar-refractivity contribution in [3.63, 3.8) is 0 Å². The van der Waals surface area contributed by atoms with Crippen LogP contribution in [-0.4, -0.2) is 28.4 Å². The van der Waals surface area contributed by atoms with E-state index in [1.165, 1.54) is 0 Å². The molecule has 0 aromatic rings. The van der Waals surface area contributed by atoms with E-state index in [2.05, 4.69) is 0 Å². The van der Waals surface area contributed by atoms with Gasteiger partial charge in [0, 0.05) is 0 Å². The second kappa shape index (κ2) is 5.71. The molecule has 0 aromatic carbocycles. The molecule has 0 saturated carbocycles. The lowest BCUT2D eigenvalue weighted by Crippen LogP contribution is -2.12. The molecule has 0 bridgehead atoms. The SMILES string of the molecule is CCC(O)CCCB(O)O. The molecular weight excluding hydrogens is 131 g/mol. The quantitative estimate of drug-likeness (QED) is 0.478. The molecule has 1 atom stereocenters. The van der Waals surface area contributed by atoms with Gasteiger partial charge in [-0.15, -0.1) is 0 Å². The second-order valence-electron chi connectivity index (χ2n) is 2.47.